The maximum atomic E-state index is 12.4. The fraction of sp³-hybridized carbons (Fsp3) is 0.600. The van der Waals surface area contributed by atoms with Crippen molar-refractivity contribution in [2.45, 2.75) is 57.5 Å². The lowest BCUT2D eigenvalue weighted by Gasteiger charge is -2.16. The number of nitrogens with one attached hydrogen (secondary N) is 2. The number of hydrogen-bond donors (Lipinski definition) is 2. The summed E-state index contributed by atoms with van der Waals surface area (Å²) in [5.74, 6) is 0. The second-order valence-corrected chi connectivity index (χ2v) is 7.19. The Morgan fingerprint density at radius 3 is 2.43 bits per heavy atom. The molecule has 0 atom stereocenters. The van der Waals surface area contributed by atoms with E-state index in [0.29, 0.717) is 11.6 Å². The van der Waals surface area contributed by atoms with Crippen LogP contribution in [0.3, 0.4) is 0 Å². The second-order valence-electron chi connectivity index (χ2n) is 5.06. The molecule has 0 saturated carbocycles. The van der Waals surface area contributed by atoms with E-state index in [1.807, 2.05) is 13.8 Å². The standard InChI is InChI=1S/C15H25ClN2O2S/c1-4-9-17-11-12-10-14(7-8-15(12)16)21(19,20)18-13(5-2)6-3/h7-8,10,13,17-18H,4-6,9,11H2,1-3H3. The van der Waals surface area contributed by atoms with Gasteiger partial charge in [-0.3, -0.25) is 0 Å². The molecule has 0 aliphatic carbocycles. The minimum absolute atomic E-state index is 0.0349. The molecule has 0 bridgehead atoms. The summed E-state index contributed by atoms with van der Waals surface area (Å²) in [6.45, 7) is 7.46. The van der Waals surface area contributed by atoms with Crippen LogP contribution in [-0.4, -0.2) is 21.0 Å². The van der Waals surface area contributed by atoms with E-state index in [4.69, 9.17) is 11.6 Å². The van der Waals surface area contributed by atoms with Crippen molar-refractivity contribution >= 4 is 21.6 Å². The summed E-state index contributed by atoms with van der Waals surface area (Å²) in [4.78, 5) is 0.270. The molecular formula is C15H25ClN2O2S. The third kappa shape index (κ3) is 5.58. The van der Waals surface area contributed by atoms with Crippen molar-refractivity contribution in [2.24, 2.45) is 0 Å². The van der Waals surface area contributed by atoms with Crippen molar-refractivity contribution in [3.8, 4) is 0 Å². The lowest BCUT2D eigenvalue weighted by Crippen LogP contribution is -2.33. The van der Waals surface area contributed by atoms with Crippen LogP contribution in [0.25, 0.3) is 0 Å². The monoisotopic (exact) mass is 332 g/mol. The maximum absolute atomic E-state index is 12.4. The van der Waals surface area contributed by atoms with Crippen LogP contribution in [0, 0.1) is 0 Å². The molecule has 0 unspecified atom stereocenters. The van der Waals surface area contributed by atoms with Gasteiger partial charge in [-0.15, -0.1) is 0 Å². The van der Waals surface area contributed by atoms with Crippen LogP contribution in [0.2, 0.25) is 5.02 Å². The van der Waals surface area contributed by atoms with E-state index in [-0.39, 0.29) is 10.9 Å². The van der Waals surface area contributed by atoms with E-state index < -0.39 is 10.0 Å². The molecule has 120 valence electrons. The molecule has 0 amide bonds. The van der Waals surface area contributed by atoms with Crippen LogP contribution in [0.5, 0.6) is 0 Å². The van der Waals surface area contributed by atoms with E-state index >= 15 is 0 Å². The number of rotatable bonds is 9. The minimum Gasteiger partial charge on any atom is -0.313 e. The smallest absolute Gasteiger partial charge is 0.240 e. The van der Waals surface area contributed by atoms with Crippen LogP contribution in [-0.2, 0) is 16.6 Å². The molecule has 21 heavy (non-hydrogen) atoms. The zero-order valence-electron chi connectivity index (χ0n) is 12.9. The number of benzene rings is 1. The van der Waals surface area contributed by atoms with Gasteiger partial charge in [-0.1, -0.05) is 32.4 Å². The average Bonchev–Trinajstić information content (AvgIpc) is 2.46. The molecular weight excluding hydrogens is 308 g/mol. The number of sulfonamides is 1. The normalized spacial score (nSPS) is 12.0. The summed E-state index contributed by atoms with van der Waals surface area (Å²) in [6.07, 6.45) is 2.56. The van der Waals surface area contributed by atoms with Gasteiger partial charge in [-0.2, -0.15) is 0 Å². The Bertz CT molecular complexity index is 543. The molecule has 2 N–H and O–H groups in total. The third-order valence-corrected chi connectivity index (χ3v) is 5.26. The lowest BCUT2D eigenvalue weighted by atomic mass is 10.2. The first kappa shape index (κ1) is 18.4. The van der Waals surface area contributed by atoms with Gasteiger partial charge in [0.2, 0.25) is 10.0 Å². The van der Waals surface area contributed by atoms with Gasteiger partial charge in [0.05, 0.1) is 4.90 Å². The molecule has 0 fully saturated rings. The topological polar surface area (TPSA) is 58.2 Å². The molecule has 0 aliphatic rings. The van der Waals surface area contributed by atoms with Gasteiger partial charge < -0.3 is 5.32 Å². The molecule has 1 rings (SSSR count). The summed E-state index contributed by atoms with van der Waals surface area (Å²) in [5, 5.41) is 3.82. The lowest BCUT2D eigenvalue weighted by molar-refractivity contribution is 0.530. The summed E-state index contributed by atoms with van der Waals surface area (Å²) in [6, 6.07) is 4.81. The molecule has 0 aliphatic heterocycles. The predicted octanol–water partition coefficient (Wildman–Crippen LogP) is 3.31. The largest absolute Gasteiger partial charge is 0.313 e. The van der Waals surface area contributed by atoms with Crippen LogP contribution in [0.4, 0.5) is 0 Å². The molecule has 0 heterocycles. The fourth-order valence-electron chi connectivity index (χ4n) is 2.00. The summed E-state index contributed by atoms with van der Waals surface area (Å²) < 4.78 is 27.5. The van der Waals surface area contributed by atoms with E-state index in [1.54, 1.807) is 18.2 Å². The molecule has 6 heteroatoms. The Kier molecular flexibility index (Phi) is 7.66. The van der Waals surface area contributed by atoms with Crippen molar-refractivity contribution in [1.29, 1.82) is 0 Å². The minimum atomic E-state index is -3.49. The first-order valence-electron chi connectivity index (χ1n) is 7.46. The predicted molar refractivity (Wildman–Crippen MR) is 88.1 cm³/mol. The van der Waals surface area contributed by atoms with Gasteiger partial charge >= 0.3 is 0 Å². The Labute approximate surface area is 133 Å². The Morgan fingerprint density at radius 2 is 1.86 bits per heavy atom. The van der Waals surface area contributed by atoms with Gasteiger partial charge in [-0.25, -0.2) is 13.1 Å². The Balaban J connectivity index is 2.94. The zero-order valence-corrected chi connectivity index (χ0v) is 14.5. The number of halogens is 1. The maximum Gasteiger partial charge on any atom is 0.240 e. The van der Waals surface area contributed by atoms with Crippen LogP contribution < -0.4 is 10.0 Å². The van der Waals surface area contributed by atoms with Gasteiger partial charge in [0.1, 0.15) is 0 Å². The van der Waals surface area contributed by atoms with E-state index in [2.05, 4.69) is 17.0 Å². The summed E-state index contributed by atoms with van der Waals surface area (Å²) in [5.41, 5.74) is 0.803. The molecule has 0 spiro atoms. The van der Waals surface area contributed by atoms with Gasteiger partial charge in [-0.05, 0) is 49.6 Å². The Morgan fingerprint density at radius 1 is 1.19 bits per heavy atom. The van der Waals surface area contributed by atoms with E-state index in [9.17, 15) is 8.42 Å². The Hall–Kier alpha value is -0.620. The molecule has 4 nitrogen and oxygen atoms in total. The first-order valence-corrected chi connectivity index (χ1v) is 9.32. The summed E-state index contributed by atoms with van der Waals surface area (Å²) >= 11 is 6.13. The highest BCUT2D eigenvalue weighted by molar-refractivity contribution is 7.89. The average molecular weight is 333 g/mol. The quantitative estimate of drug-likeness (QED) is 0.682. The highest BCUT2D eigenvalue weighted by atomic mass is 35.5. The number of hydrogen-bond acceptors (Lipinski definition) is 3. The highest BCUT2D eigenvalue weighted by Gasteiger charge is 2.19. The third-order valence-electron chi connectivity index (χ3n) is 3.38. The van der Waals surface area contributed by atoms with Gasteiger partial charge in [0.15, 0.2) is 0 Å². The molecule has 0 radical (unpaired) electrons. The molecule has 0 saturated heterocycles. The van der Waals surface area contributed by atoms with Crippen molar-refractivity contribution in [1.82, 2.24) is 10.0 Å². The van der Waals surface area contributed by atoms with Crippen LogP contribution in [0.1, 0.15) is 45.6 Å². The summed E-state index contributed by atoms with van der Waals surface area (Å²) in [7, 11) is -3.49. The molecule has 1 aromatic carbocycles. The zero-order chi connectivity index (χ0) is 15.9. The molecule has 0 aromatic heterocycles. The van der Waals surface area contributed by atoms with Crippen LogP contribution >= 0.6 is 11.6 Å². The van der Waals surface area contributed by atoms with Gasteiger partial charge in [0.25, 0.3) is 0 Å². The first-order chi connectivity index (χ1) is 9.94. The van der Waals surface area contributed by atoms with Crippen molar-refractivity contribution in [3.63, 3.8) is 0 Å². The SMILES string of the molecule is CCCNCc1cc(S(=O)(=O)NC(CC)CC)ccc1Cl. The second kappa shape index (κ2) is 8.73. The van der Waals surface area contributed by atoms with E-state index in [1.165, 1.54) is 0 Å². The molecule has 1 aromatic rings. The van der Waals surface area contributed by atoms with E-state index in [0.717, 1.165) is 31.4 Å². The van der Waals surface area contributed by atoms with Crippen molar-refractivity contribution < 1.29 is 8.42 Å². The van der Waals surface area contributed by atoms with Crippen molar-refractivity contribution in [3.05, 3.63) is 28.8 Å². The van der Waals surface area contributed by atoms with Gasteiger partial charge in [0, 0.05) is 17.6 Å². The van der Waals surface area contributed by atoms with Crippen molar-refractivity contribution in [2.75, 3.05) is 6.54 Å². The fourth-order valence-corrected chi connectivity index (χ4v) is 3.63. The highest BCUT2D eigenvalue weighted by Crippen LogP contribution is 2.21. The van der Waals surface area contributed by atoms with Crippen LogP contribution in [0.15, 0.2) is 23.1 Å².